The first-order valence-electron chi connectivity index (χ1n) is 15.5. The fourth-order valence-corrected chi connectivity index (χ4v) is 7.08. The van der Waals surface area contributed by atoms with Gasteiger partial charge in [-0.25, -0.2) is 0 Å². The summed E-state index contributed by atoms with van der Waals surface area (Å²) in [4.78, 5) is 2.29. The normalized spacial score (nSPS) is 12.5. The summed E-state index contributed by atoms with van der Waals surface area (Å²) < 4.78 is 15.1. The van der Waals surface area contributed by atoms with E-state index in [1.165, 1.54) is 21.8 Å². The van der Waals surface area contributed by atoms with Crippen molar-refractivity contribution in [2.45, 2.75) is 0 Å². The van der Waals surface area contributed by atoms with E-state index >= 15 is 0 Å². The summed E-state index contributed by atoms with van der Waals surface area (Å²) >= 11 is 0. The topological polar surface area (TPSA) is 30.5 Å². The number of furan rings is 1. The number of para-hydroxylation sites is 5. The van der Waals surface area contributed by atoms with Gasteiger partial charge in [0.25, 0.3) is 0 Å². The van der Waals surface area contributed by atoms with E-state index in [-0.39, 0.29) is 0 Å². The van der Waals surface area contributed by atoms with E-state index in [1.807, 2.05) is 24.3 Å². The van der Waals surface area contributed by atoms with Crippen molar-refractivity contribution in [3.8, 4) is 28.3 Å². The first-order valence-corrected chi connectivity index (χ1v) is 15.5. The Morgan fingerprint density at radius 1 is 0.391 bits per heavy atom. The summed E-state index contributed by atoms with van der Waals surface area (Å²) in [6.45, 7) is 0. The summed E-state index contributed by atoms with van der Waals surface area (Å²) in [6.07, 6.45) is 0. The quantitative estimate of drug-likeness (QED) is 0.205. The summed E-state index contributed by atoms with van der Waals surface area (Å²) in [6, 6.07) is 55.4. The fraction of sp³-hybridized carbons (Fsp3) is 0. The van der Waals surface area contributed by atoms with Crippen molar-refractivity contribution in [3.63, 3.8) is 0 Å². The van der Waals surface area contributed by atoms with Crippen LogP contribution in [0.1, 0.15) is 0 Å². The van der Waals surface area contributed by atoms with Gasteiger partial charge < -0.3 is 18.6 Å². The highest BCUT2D eigenvalue weighted by molar-refractivity contribution is 6.11. The number of fused-ring (bicyclic) bond motifs is 8. The van der Waals surface area contributed by atoms with Crippen LogP contribution in [-0.2, 0) is 0 Å². The van der Waals surface area contributed by atoms with E-state index in [4.69, 9.17) is 9.15 Å². The number of rotatable bonds is 3. The van der Waals surface area contributed by atoms with Crippen LogP contribution in [0.5, 0.6) is 11.5 Å². The third-order valence-corrected chi connectivity index (χ3v) is 9.17. The average molecular weight is 591 g/mol. The number of benzene rings is 7. The molecule has 0 unspecified atom stereocenters. The van der Waals surface area contributed by atoms with E-state index in [0.717, 1.165) is 67.3 Å². The molecule has 46 heavy (non-hydrogen) atoms. The zero-order chi connectivity index (χ0) is 30.2. The lowest BCUT2D eigenvalue weighted by molar-refractivity contribution is 0.477. The Bertz CT molecular complexity index is 2630. The van der Waals surface area contributed by atoms with Crippen molar-refractivity contribution in [2.75, 3.05) is 4.90 Å². The summed E-state index contributed by atoms with van der Waals surface area (Å²) in [7, 11) is 0. The van der Waals surface area contributed by atoms with Crippen molar-refractivity contribution in [3.05, 3.63) is 158 Å². The van der Waals surface area contributed by atoms with Crippen molar-refractivity contribution in [1.29, 1.82) is 0 Å². The molecule has 9 aromatic rings. The average Bonchev–Trinajstić information content (AvgIpc) is 3.66. The van der Waals surface area contributed by atoms with Gasteiger partial charge in [0.2, 0.25) is 0 Å². The molecule has 4 heteroatoms. The lowest BCUT2D eigenvalue weighted by atomic mass is 10.0. The molecule has 0 atom stereocenters. The molecule has 1 aliphatic heterocycles. The van der Waals surface area contributed by atoms with Crippen LogP contribution in [0.3, 0.4) is 0 Å². The maximum absolute atomic E-state index is 6.59. The number of aromatic nitrogens is 1. The van der Waals surface area contributed by atoms with E-state index < -0.39 is 0 Å². The van der Waals surface area contributed by atoms with Crippen molar-refractivity contribution < 1.29 is 9.15 Å². The number of ether oxygens (including phenoxy) is 1. The second-order valence-corrected chi connectivity index (χ2v) is 11.8. The smallest absolute Gasteiger partial charge is 0.152 e. The SMILES string of the molecule is c1ccc(-n2c3ccccc3c3cc(-c4ccc5c(c4)Oc4ccccc4N5c4ccc5oc6ccccc6c5c4)ccc32)cc1. The number of nitrogens with zero attached hydrogens (tertiary/aromatic N) is 2. The highest BCUT2D eigenvalue weighted by Gasteiger charge is 2.27. The monoisotopic (exact) mass is 590 g/mol. The van der Waals surface area contributed by atoms with Crippen LogP contribution >= 0.6 is 0 Å². The van der Waals surface area contributed by atoms with Crippen LogP contribution in [0.15, 0.2) is 162 Å². The minimum atomic E-state index is 0.820. The first kappa shape index (κ1) is 25.1. The lowest BCUT2D eigenvalue weighted by Crippen LogP contribution is -2.15. The standard InChI is InChI=1S/C42H26N2O2/c1-2-10-29(11-3-1)43-35-14-6-4-12-31(35)33-24-27(18-21-36(33)43)28-19-22-38-42(25-28)46-41-17-9-7-15-37(41)44(38)30-20-23-40-34(26-30)32-13-5-8-16-39(32)45-40/h1-26H. The zero-order valence-electron chi connectivity index (χ0n) is 24.7. The number of anilines is 3. The first-order chi connectivity index (χ1) is 22.8. The summed E-state index contributed by atoms with van der Waals surface area (Å²) in [5.41, 5.74) is 10.6. The van der Waals surface area contributed by atoms with Crippen LogP contribution in [0.25, 0.3) is 60.6 Å². The van der Waals surface area contributed by atoms with Crippen LogP contribution in [0, 0.1) is 0 Å². The minimum Gasteiger partial charge on any atom is -0.456 e. The Balaban J connectivity index is 1.12. The molecule has 10 rings (SSSR count). The highest BCUT2D eigenvalue weighted by Crippen LogP contribution is 2.52. The van der Waals surface area contributed by atoms with Crippen LogP contribution in [0.2, 0.25) is 0 Å². The van der Waals surface area contributed by atoms with Crippen LogP contribution < -0.4 is 9.64 Å². The zero-order valence-corrected chi connectivity index (χ0v) is 24.7. The lowest BCUT2D eigenvalue weighted by Gasteiger charge is -2.33. The maximum Gasteiger partial charge on any atom is 0.152 e. The van der Waals surface area contributed by atoms with E-state index in [2.05, 4.69) is 143 Å². The van der Waals surface area contributed by atoms with E-state index in [0.29, 0.717) is 0 Å². The van der Waals surface area contributed by atoms with Gasteiger partial charge in [0, 0.05) is 32.9 Å². The summed E-state index contributed by atoms with van der Waals surface area (Å²) in [5, 5.41) is 4.67. The molecular formula is C42H26N2O2. The van der Waals surface area contributed by atoms with E-state index in [9.17, 15) is 0 Å². The predicted molar refractivity (Wildman–Crippen MR) is 188 cm³/mol. The largest absolute Gasteiger partial charge is 0.456 e. The Morgan fingerprint density at radius 2 is 1.09 bits per heavy atom. The molecule has 216 valence electrons. The second-order valence-electron chi connectivity index (χ2n) is 11.8. The number of hydrogen-bond donors (Lipinski definition) is 0. The second kappa shape index (κ2) is 9.62. The fourth-order valence-electron chi connectivity index (χ4n) is 7.08. The van der Waals surface area contributed by atoms with Gasteiger partial charge in [-0.05, 0) is 90.0 Å². The number of hydrogen-bond acceptors (Lipinski definition) is 3. The van der Waals surface area contributed by atoms with Crippen LogP contribution in [-0.4, -0.2) is 4.57 Å². The molecule has 7 aromatic carbocycles. The molecule has 0 aliphatic carbocycles. The minimum absolute atomic E-state index is 0.820. The Morgan fingerprint density at radius 3 is 2.02 bits per heavy atom. The van der Waals surface area contributed by atoms with Gasteiger partial charge in [0.1, 0.15) is 11.2 Å². The molecule has 3 heterocycles. The third kappa shape index (κ3) is 3.67. The maximum atomic E-state index is 6.59. The molecule has 2 aromatic heterocycles. The van der Waals surface area contributed by atoms with Gasteiger partial charge in [-0.3, -0.25) is 0 Å². The molecule has 0 amide bonds. The van der Waals surface area contributed by atoms with Gasteiger partial charge in [0.15, 0.2) is 11.5 Å². The molecule has 0 saturated carbocycles. The molecule has 0 saturated heterocycles. The molecular weight excluding hydrogens is 564 g/mol. The molecule has 4 nitrogen and oxygen atoms in total. The van der Waals surface area contributed by atoms with E-state index in [1.54, 1.807) is 0 Å². The Hall–Kier alpha value is -6.26. The molecule has 0 bridgehead atoms. The van der Waals surface area contributed by atoms with Gasteiger partial charge in [-0.15, -0.1) is 0 Å². The molecule has 0 N–H and O–H groups in total. The molecule has 0 spiro atoms. The molecule has 1 aliphatic rings. The van der Waals surface area contributed by atoms with Crippen LogP contribution in [0.4, 0.5) is 17.1 Å². The summed E-state index contributed by atoms with van der Waals surface area (Å²) in [5.74, 6) is 1.64. The highest BCUT2D eigenvalue weighted by atomic mass is 16.5. The van der Waals surface area contributed by atoms with Gasteiger partial charge in [0.05, 0.1) is 22.4 Å². The van der Waals surface area contributed by atoms with Crippen molar-refractivity contribution >= 4 is 60.8 Å². The van der Waals surface area contributed by atoms with Gasteiger partial charge in [-0.1, -0.05) is 78.9 Å². The Kier molecular flexibility index (Phi) is 5.25. The van der Waals surface area contributed by atoms with Gasteiger partial charge in [-0.2, -0.15) is 0 Å². The molecule has 0 fully saturated rings. The Labute approximate surface area is 264 Å². The third-order valence-electron chi connectivity index (χ3n) is 9.17. The van der Waals surface area contributed by atoms with Crippen molar-refractivity contribution in [2.24, 2.45) is 0 Å². The van der Waals surface area contributed by atoms with Crippen molar-refractivity contribution in [1.82, 2.24) is 4.57 Å². The van der Waals surface area contributed by atoms with Gasteiger partial charge >= 0.3 is 0 Å². The molecule has 0 radical (unpaired) electrons. The predicted octanol–water partition coefficient (Wildman–Crippen LogP) is 11.9.